The predicted molar refractivity (Wildman–Crippen MR) is 117 cm³/mol. The van der Waals surface area contributed by atoms with E-state index in [1.54, 1.807) is 0 Å². The first-order valence-corrected chi connectivity index (χ1v) is 10.4. The third-order valence-corrected chi connectivity index (χ3v) is 5.96. The van der Waals surface area contributed by atoms with Crippen molar-refractivity contribution in [2.75, 3.05) is 6.54 Å². The van der Waals surface area contributed by atoms with Crippen LogP contribution in [-0.2, 0) is 32.5 Å². The average molecular weight is 383 g/mol. The third-order valence-electron chi connectivity index (χ3n) is 5.96. The fraction of sp³-hybridized carbons (Fsp3) is 0.280. The number of hydrogen-bond donors (Lipinski definition) is 0. The normalized spacial score (nSPS) is 14.2. The Morgan fingerprint density at radius 1 is 1.00 bits per heavy atom. The van der Waals surface area contributed by atoms with Crippen molar-refractivity contribution >= 4 is 10.9 Å². The van der Waals surface area contributed by atoms with Crippen LogP contribution in [-0.4, -0.2) is 26.0 Å². The van der Waals surface area contributed by atoms with Gasteiger partial charge in [-0.05, 0) is 54.4 Å². The van der Waals surface area contributed by atoms with E-state index in [9.17, 15) is 0 Å². The van der Waals surface area contributed by atoms with E-state index in [-0.39, 0.29) is 0 Å². The van der Waals surface area contributed by atoms with Crippen LogP contribution < -0.4 is 0 Å². The van der Waals surface area contributed by atoms with Gasteiger partial charge in [-0.15, -0.1) is 0 Å². The topological polar surface area (TPSA) is 34.0 Å². The van der Waals surface area contributed by atoms with Crippen LogP contribution in [0, 0.1) is 6.92 Å². The van der Waals surface area contributed by atoms with Crippen LogP contribution >= 0.6 is 0 Å². The molecule has 0 amide bonds. The molecule has 146 valence electrons. The van der Waals surface area contributed by atoms with Gasteiger partial charge in [0.1, 0.15) is 0 Å². The highest BCUT2D eigenvalue weighted by atomic mass is 15.1. The summed E-state index contributed by atoms with van der Waals surface area (Å²) < 4.78 is 2.54. The molecule has 0 saturated carbocycles. The summed E-state index contributed by atoms with van der Waals surface area (Å²) in [5, 5.41) is 1.42. The van der Waals surface area contributed by atoms with Crippen LogP contribution in [0.3, 0.4) is 0 Å². The Hall–Kier alpha value is -2.98. The summed E-state index contributed by atoms with van der Waals surface area (Å²) in [5.74, 6) is 0. The average Bonchev–Trinajstić information content (AvgIpc) is 3.06. The maximum Gasteiger partial charge on any atom is 0.0486 e. The van der Waals surface area contributed by atoms with Gasteiger partial charge in [-0.2, -0.15) is 0 Å². The molecule has 0 unspecified atom stereocenters. The molecule has 5 rings (SSSR count). The molecule has 29 heavy (non-hydrogen) atoms. The highest BCUT2D eigenvalue weighted by Crippen LogP contribution is 2.32. The number of rotatable bonds is 5. The van der Waals surface area contributed by atoms with Crippen molar-refractivity contribution in [2.24, 2.45) is 0 Å². The van der Waals surface area contributed by atoms with Crippen molar-refractivity contribution in [2.45, 2.75) is 39.4 Å². The zero-order valence-electron chi connectivity index (χ0n) is 16.9. The van der Waals surface area contributed by atoms with E-state index in [2.05, 4.69) is 68.8 Å². The lowest BCUT2D eigenvalue weighted by Crippen LogP contribution is -2.30. The fourth-order valence-electron chi connectivity index (χ4n) is 4.53. The summed E-state index contributed by atoms with van der Waals surface area (Å²) in [6, 6.07) is 17.3. The maximum absolute atomic E-state index is 4.52. The summed E-state index contributed by atoms with van der Waals surface area (Å²) >= 11 is 0. The Bertz CT molecular complexity index is 1120. The van der Waals surface area contributed by atoms with Gasteiger partial charge < -0.3 is 4.57 Å². The molecule has 1 aliphatic heterocycles. The lowest BCUT2D eigenvalue weighted by molar-refractivity contribution is 0.243. The number of pyridine rings is 2. The van der Waals surface area contributed by atoms with Crippen LogP contribution in [0.2, 0.25) is 0 Å². The van der Waals surface area contributed by atoms with Crippen molar-refractivity contribution in [1.29, 1.82) is 0 Å². The van der Waals surface area contributed by atoms with E-state index in [0.29, 0.717) is 0 Å². The molecule has 1 aliphatic rings. The van der Waals surface area contributed by atoms with Crippen molar-refractivity contribution in [1.82, 2.24) is 19.4 Å². The number of aryl methyl sites for hydroxylation is 3. The summed E-state index contributed by atoms with van der Waals surface area (Å²) in [5.41, 5.74) is 8.19. The molecule has 0 fully saturated rings. The van der Waals surface area contributed by atoms with Gasteiger partial charge in [-0.3, -0.25) is 14.9 Å². The minimum absolute atomic E-state index is 0.964. The van der Waals surface area contributed by atoms with Crippen LogP contribution in [0.15, 0.2) is 67.1 Å². The first-order chi connectivity index (χ1) is 14.3. The summed E-state index contributed by atoms with van der Waals surface area (Å²) in [6.07, 6.45) is 7.72. The molecule has 3 aromatic heterocycles. The number of benzene rings is 1. The first kappa shape index (κ1) is 18.1. The molecule has 0 bridgehead atoms. The van der Waals surface area contributed by atoms with Crippen molar-refractivity contribution in [3.8, 4) is 0 Å². The molecule has 0 radical (unpaired) electrons. The summed E-state index contributed by atoms with van der Waals surface area (Å²) in [4.78, 5) is 11.2. The molecule has 4 aromatic rings. The molecule has 4 nitrogen and oxygen atoms in total. The number of fused-ring (bicyclic) bond motifs is 3. The molecule has 0 N–H and O–H groups in total. The van der Waals surface area contributed by atoms with Gasteiger partial charge in [0.05, 0.1) is 0 Å². The molecular formula is C25H26N4. The van der Waals surface area contributed by atoms with Gasteiger partial charge >= 0.3 is 0 Å². The molecule has 1 aromatic carbocycles. The monoisotopic (exact) mass is 382 g/mol. The molecule has 4 heteroatoms. The van der Waals surface area contributed by atoms with Crippen molar-refractivity contribution < 1.29 is 0 Å². The Morgan fingerprint density at radius 3 is 2.72 bits per heavy atom. The van der Waals surface area contributed by atoms with Crippen molar-refractivity contribution in [3.05, 3.63) is 95.2 Å². The van der Waals surface area contributed by atoms with Crippen LogP contribution in [0.5, 0.6) is 0 Å². The highest BCUT2D eigenvalue weighted by molar-refractivity contribution is 5.86. The van der Waals surface area contributed by atoms with Gasteiger partial charge in [0.25, 0.3) is 0 Å². The van der Waals surface area contributed by atoms with E-state index in [1.807, 2.05) is 24.7 Å². The fourth-order valence-corrected chi connectivity index (χ4v) is 4.53. The molecular weight excluding hydrogens is 356 g/mol. The minimum atomic E-state index is 0.964. The van der Waals surface area contributed by atoms with Crippen LogP contribution in [0.1, 0.15) is 28.1 Å². The first-order valence-electron chi connectivity index (χ1n) is 10.4. The smallest absolute Gasteiger partial charge is 0.0486 e. The van der Waals surface area contributed by atoms with E-state index in [0.717, 1.165) is 44.7 Å². The van der Waals surface area contributed by atoms with E-state index < -0.39 is 0 Å². The van der Waals surface area contributed by atoms with E-state index in [1.165, 1.54) is 33.3 Å². The Kier molecular flexibility index (Phi) is 4.86. The van der Waals surface area contributed by atoms with Gasteiger partial charge in [-0.1, -0.05) is 17.7 Å². The quantitative estimate of drug-likeness (QED) is 0.508. The van der Waals surface area contributed by atoms with Crippen LogP contribution in [0.4, 0.5) is 0 Å². The molecule has 4 heterocycles. The Balaban J connectivity index is 1.47. The molecule has 0 spiro atoms. The van der Waals surface area contributed by atoms with E-state index >= 15 is 0 Å². The lowest BCUT2D eigenvalue weighted by Gasteiger charge is -2.28. The standard InChI is InChI=1S/C25H26N4/c1-19-5-6-24-22(16-19)23-18-28(17-20-7-12-26-13-8-20)14-10-25(23)29(24)15-9-21-4-2-3-11-27-21/h2-8,11-13,16H,9-10,14-15,17-18H2,1H3. The number of nitrogens with zero attached hydrogens (tertiary/aromatic N) is 4. The van der Waals surface area contributed by atoms with Gasteiger partial charge in [0.2, 0.25) is 0 Å². The van der Waals surface area contributed by atoms with Gasteiger partial charge in [0, 0.05) is 79.9 Å². The Labute approximate surface area is 171 Å². The molecule has 0 atom stereocenters. The van der Waals surface area contributed by atoms with Crippen molar-refractivity contribution in [3.63, 3.8) is 0 Å². The number of hydrogen-bond acceptors (Lipinski definition) is 3. The largest absolute Gasteiger partial charge is 0.344 e. The summed E-state index contributed by atoms with van der Waals surface area (Å²) in [7, 11) is 0. The predicted octanol–water partition coefficient (Wildman–Crippen LogP) is 4.54. The highest BCUT2D eigenvalue weighted by Gasteiger charge is 2.24. The lowest BCUT2D eigenvalue weighted by atomic mass is 10.0. The molecule has 0 saturated heterocycles. The second kappa shape index (κ2) is 7.80. The second-order valence-corrected chi connectivity index (χ2v) is 7.98. The SMILES string of the molecule is Cc1ccc2c(c1)c1c(n2CCc2ccccn2)CCN(Cc2ccncc2)C1. The third kappa shape index (κ3) is 3.68. The van der Waals surface area contributed by atoms with Crippen LogP contribution in [0.25, 0.3) is 10.9 Å². The zero-order chi connectivity index (χ0) is 19.6. The number of aromatic nitrogens is 3. The molecule has 0 aliphatic carbocycles. The Morgan fingerprint density at radius 2 is 1.90 bits per heavy atom. The van der Waals surface area contributed by atoms with E-state index in [4.69, 9.17) is 0 Å². The van der Waals surface area contributed by atoms with Gasteiger partial charge in [-0.25, -0.2) is 0 Å². The second-order valence-electron chi connectivity index (χ2n) is 7.98. The van der Waals surface area contributed by atoms with Gasteiger partial charge in [0.15, 0.2) is 0 Å². The zero-order valence-corrected chi connectivity index (χ0v) is 16.9. The maximum atomic E-state index is 4.52. The summed E-state index contributed by atoms with van der Waals surface area (Å²) in [6.45, 7) is 6.25. The minimum Gasteiger partial charge on any atom is -0.344 e.